The summed E-state index contributed by atoms with van der Waals surface area (Å²) in [7, 11) is 1.56. The highest BCUT2D eigenvalue weighted by molar-refractivity contribution is 6.46. The second-order valence-corrected chi connectivity index (χ2v) is 10.4. The number of unbranched alkanes of at least 4 members (excludes halogenated alkanes) is 2. The van der Waals surface area contributed by atoms with E-state index in [1.54, 1.807) is 35.6 Å². The number of aliphatic hydroxyl groups excluding tert-OH is 1. The van der Waals surface area contributed by atoms with Crippen LogP contribution in [0.2, 0.25) is 0 Å². The molecule has 1 N–H and O–H groups in total. The van der Waals surface area contributed by atoms with Gasteiger partial charge in [-0.3, -0.25) is 18.9 Å². The first-order chi connectivity index (χ1) is 19.9. The van der Waals surface area contributed by atoms with Crippen LogP contribution in [0.3, 0.4) is 0 Å². The molecule has 1 unspecified atom stereocenters. The van der Waals surface area contributed by atoms with Crippen LogP contribution in [0.1, 0.15) is 49.2 Å². The quantitative estimate of drug-likeness (QED) is 0.162. The van der Waals surface area contributed by atoms with E-state index < -0.39 is 17.7 Å². The molecule has 2 saturated heterocycles. The molecule has 0 radical (unpaired) electrons. The normalized spacial score (nSPS) is 19.3. The molecule has 4 heterocycles. The highest BCUT2D eigenvalue weighted by Gasteiger charge is 2.46. The molecule has 5 rings (SSSR count). The molecule has 41 heavy (non-hydrogen) atoms. The van der Waals surface area contributed by atoms with Gasteiger partial charge in [-0.25, -0.2) is 4.98 Å². The van der Waals surface area contributed by atoms with Crippen molar-refractivity contribution in [1.29, 1.82) is 0 Å². The molecule has 10 nitrogen and oxygen atoms in total. The summed E-state index contributed by atoms with van der Waals surface area (Å²) in [5.41, 5.74) is 2.26. The van der Waals surface area contributed by atoms with Crippen LogP contribution in [0.4, 0.5) is 0 Å². The van der Waals surface area contributed by atoms with E-state index in [9.17, 15) is 14.7 Å². The summed E-state index contributed by atoms with van der Waals surface area (Å²) in [5, 5.41) is 11.7. The van der Waals surface area contributed by atoms with Gasteiger partial charge >= 0.3 is 0 Å². The molecule has 3 aromatic rings. The number of ether oxygens (including phenoxy) is 3. The number of imidazole rings is 1. The van der Waals surface area contributed by atoms with Crippen molar-refractivity contribution in [3.63, 3.8) is 0 Å². The number of fused-ring (bicyclic) bond motifs is 1. The molecule has 0 bridgehead atoms. The molecule has 2 aliphatic heterocycles. The Morgan fingerprint density at radius 2 is 1.90 bits per heavy atom. The lowest BCUT2D eigenvalue weighted by Gasteiger charge is -2.31. The zero-order valence-electron chi connectivity index (χ0n) is 24.0. The molecule has 1 amide bonds. The van der Waals surface area contributed by atoms with Crippen LogP contribution in [0.5, 0.6) is 11.5 Å². The van der Waals surface area contributed by atoms with Gasteiger partial charge in [0.1, 0.15) is 11.3 Å². The highest BCUT2D eigenvalue weighted by atomic mass is 16.5. The number of hydrogen-bond donors (Lipinski definition) is 1. The van der Waals surface area contributed by atoms with Gasteiger partial charge in [0, 0.05) is 32.4 Å². The van der Waals surface area contributed by atoms with Crippen LogP contribution >= 0.6 is 0 Å². The minimum Gasteiger partial charge on any atom is -0.505 e. The number of aryl methyl sites for hydroxylation is 1. The van der Waals surface area contributed by atoms with Gasteiger partial charge in [-0.1, -0.05) is 31.9 Å². The Kier molecular flexibility index (Phi) is 8.90. The van der Waals surface area contributed by atoms with Crippen molar-refractivity contribution in [3.05, 3.63) is 65.1 Å². The van der Waals surface area contributed by atoms with Crippen molar-refractivity contribution in [3.8, 4) is 11.5 Å². The Morgan fingerprint density at radius 1 is 1.10 bits per heavy atom. The SMILES string of the molecule is CCCCCOc1ccc(C2/C(=C(\O)c3c(C)nc4ccccn34)C(=O)C(=O)N2CCN2CCOCC2)cc1OC. The maximum Gasteiger partial charge on any atom is 0.295 e. The third-order valence-electron chi connectivity index (χ3n) is 7.74. The number of Topliss-reactive ketones (excluding diaryl/α,β-unsaturated/α-hetero) is 1. The molecular formula is C31H38N4O6. The summed E-state index contributed by atoms with van der Waals surface area (Å²) in [6.07, 6.45) is 4.87. The van der Waals surface area contributed by atoms with Gasteiger partial charge < -0.3 is 24.2 Å². The summed E-state index contributed by atoms with van der Waals surface area (Å²) < 4.78 is 18.8. The Balaban J connectivity index is 1.57. The zero-order valence-corrected chi connectivity index (χ0v) is 24.0. The number of aliphatic hydroxyl groups is 1. The molecule has 218 valence electrons. The predicted octanol–water partition coefficient (Wildman–Crippen LogP) is 3.97. The fraction of sp³-hybridized carbons (Fsp3) is 0.452. The summed E-state index contributed by atoms with van der Waals surface area (Å²) >= 11 is 0. The zero-order chi connectivity index (χ0) is 28.9. The van der Waals surface area contributed by atoms with Crippen molar-refractivity contribution in [1.82, 2.24) is 19.2 Å². The van der Waals surface area contributed by atoms with Crippen LogP contribution in [0, 0.1) is 6.92 Å². The number of aromatic nitrogens is 2. The van der Waals surface area contributed by atoms with Crippen LogP contribution < -0.4 is 9.47 Å². The van der Waals surface area contributed by atoms with E-state index in [1.807, 2.05) is 30.3 Å². The topological polar surface area (TPSA) is 106 Å². The van der Waals surface area contributed by atoms with E-state index in [0.717, 1.165) is 32.4 Å². The van der Waals surface area contributed by atoms with Gasteiger partial charge in [-0.15, -0.1) is 0 Å². The van der Waals surface area contributed by atoms with E-state index in [2.05, 4.69) is 16.8 Å². The van der Waals surface area contributed by atoms with Gasteiger partial charge in [0.05, 0.1) is 44.2 Å². The lowest BCUT2D eigenvalue weighted by atomic mass is 9.96. The smallest absolute Gasteiger partial charge is 0.295 e. The second kappa shape index (κ2) is 12.7. The third kappa shape index (κ3) is 5.80. The number of morpholine rings is 1. The van der Waals surface area contributed by atoms with E-state index in [0.29, 0.717) is 67.0 Å². The number of amides is 1. The van der Waals surface area contributed by atoms with E-state index >= 15 is 0 Å². The van der Waals surface area contributed by atoms with Crippen LogP contribution in [-0.4, -0.2) is 89.1 Å². The Bertz CT molecular complexity index is 1440. The van der Waals surface area contributed by atoms with Gasteiger partial charge in [0.2, 0.25) is 0 Å². The van der Waals surface area contributed by atoms with Crippen LogP contribution in [-0.2, 0) is 14.3 Å². The number of carbonyl (C=O) groups excluding carboxylic acids is 2. The summed E-state index contributed by atoms with van der Waals surface area (Å²) in [4.78, 5) is 35.5. The molecule has 10 heteroatoms. The summed E-state index contributed by atoms with van der Waals surface area (Å²) in [6, 6.07) is 10.1. The molecular weight excluding hydrogens is 524 g/mol. The number of methoxy groups -OCH3 is 1. The van der Waals surface area contributed by atoms with Gasteiger partial charge in [0.15, 0.2) is 17.3 Å². The van der Waals surface area contributed by atoms with E-state index in [1.165, 1.54) is 0 Å². The monoisotopic (exact) mass is 562 g/mol. The van der Waals surface area contributed by atoms with Crippen molar-refractivity contribution >= 4 is 23.1 Å². The molecule has 2 aromatic heterocycles. The number of pyridine rings is 1. The molecule has 0 spiro atoms. The summed E-state index contributed by atoms with van der Waals surface area (Å²) in [6.45, 7) is 8.15. The van der Waals surface area contributed by atoms with E-state index in [-0.39, 0.29) is 11.3 Å². The lowest BCUT2D eigenvalue weighted by Crippen LogP contribution is -2.42. The predicted molar refractivity (Wildman–Crippen MR) is 154 cm³/mol. The first-order valence-corrected chi connectivity index (χ1v) is 14.3. The Hall–Kier alpha value is -3.89. The third-order valence-corrected chi connectivity index (χ3v) is 7.74. The summed E-state index contributed by atoms with van der Waals surface area (Å²) in [5.74, 6) is -0.523. The fourth-order valence-electron chi connectivity index (χ4n) is 5.57. The highest BCUT2D eigenvalue weighted by Crippen LogP contribution is 2.42. The minimum absolute atomic E-state index is 0.0318. The molecule has 2 aliphatic rings. The molecule has 2 fully saturated rings. The van der Waals surface area contributed by atoms with Gasteiger partial charge in [-0.2, -0.15) is 0 Å². The van der Waals surface area contributed by atoms with Gasteiger partial charge in [-0.05, 0) is 43.2 Å². The Labute approximate surface area is 240 Å². The fourth-order valence-corrected chi connectivity index (χ4v) is 5.57. The number of ketones is 1. The number of rotatable bonds is 11. The molecule has 0 saturated carbocycles. The maximum atomic E-state index is 13.6. The molecule has 1 atom stereocenters. The number of nitrogens with zero attached hydrogens (tertiary/aromatic N) is 4. The Morgan fingerprint density at radius 3 is 2.66 bits per heavy atom. The van der Waals surface area contributed by atoms with Crippen molar-refractivity contribution < 1.29 is 28.9 Å². The van der Waals surface area contributed by atoms with E-state index in [4.69, 9.17) is 14.2 Å². The molecule has 0 aliphatic carbocycles. The number of benzene rings is 1. The first-order valence-electron chi connectivity index (χ1n) is 14.3. The molecule has 1 aromatic carbocycles. The average molecular weight is 563 g/mol. The standard InChI is InChI=1S/C31H38N4O6/c1-4-5-8-17-41-23-11-10-22(20-24(23)39-3)28-26(29(36)27-21(2)32-25-9-6-7-12-34(25)27)30(37)31(38)35(28)14-13-33-15-18-40-19-16-33/h6-7,9-12,20,28,36H,4-5,8,13-19H2,1-3H3/b29-26+. The lowest BCUT2D eigenvalue weighted by molar-refractivity contribution is -0.140. The number of hydrogen-bond acceptors (Lipinski definition) is 8. The van der Waals surface area contributed by atoms with Crippen molar-refractivity contribution in [2.45, 2.75) is 39.2 Å². The van der Waals surface area contributed by atoms with Crippen molar-refractivity contribution in [2.75, 3.05) is 53.1 Å². The van der Waals surface area contributed by atoms with Crippen LogP contribution in [0.15, 0.2) is 48.2 Å². The largest absolute Gasteiger partial charge is 0.505 e. The van der Waals surface area contributed by atoms with Crippen LogP contribution in [0.25, 0.3) is 11.4 Å². The number of likely N-dealkylation sites (tertiary alicyclic amines) is 1. The number of carbonyl (C=O) groups is 2. The average Bonchev–Trinajstić information content (AvgIpc) is 3.46. The second-order valence-electron chi connectivity index (χ2n) is 10.4. The van der Waals surface area contributed by atoms with Crippen molar-refractivity contribution in [2.24, 2.45) is 0 Å². The first kappa shape index (κ1) is 28.6. The minimum atomic E-state index is -0.812. The maximum absolute atomic E-state index is 13.6. The van der Waals surface area contributed by atoms with Gasteiger partial charge in [0.25, 0.3) is 11.7 Å².